The van der Waals surface area contributed by atoms with E-state index in [0.717, 1.165) is 33.5 Å². The molecule has 1 aliphatic rings. The molecule has 0 saturated carbocycles. The number of fused-ring (bicyclic) bond motifs is 1. The van der Waals surface area contributed by atoms with Crippen LogP contribution in [-0.2, 0) is 16.0 Å². The van der Waals surface area contributed by atoms with Crippen molar-refractivity contribution in [3.63, 3.8) is 0 Å². The Balaban J connectivity index is 1.53. The van der Waals surface area contributed by atoms with Crippen molar-refractivity contribution in [1.82, 2.24) is 15.2 Å². The summed E-state index contributed by atoms with van der Waals surface area (Å²) in [6.07, 6.45) is 2.19. The van der Waals surface area contributed by atoms with Crippen molar-refractivity contribution in [2.45, 2.75) is 25.7 Å². The molecule has 168 valence electrons. The zero-order chi connectivity index (χ0) is 22.7. The van der Waals surface area contributed by atoms with Gasteiger partial charge in [0.25, 0.3) is 0 Å². The summed E-state index contributed by atoms with van der Waals surface area (Å²) >= 11 is 0. The highest BCUT2D eigenvalue weighted by Gasteiger charge is 2.27. The number of rotatable bonds is 6. The van der Waals surface area contributed by atoms with Gasteiger partial charge in [-0.2, -0.15) is 0 Å². The topological polar surface area (TPSA) is 74.4 Å². The Bertz CT molecular complexity index is 1120. The summed E-state index contributed by atoms with van der Waals surface area (Å²) in [6.45, 7) is 1.18. The summed E-state index contributed by atoms with van der Waals surface area (Å²) in [4.78, 5) is 30.0. The maximum Gasteiger partial charge on any atom is 0.222 e. The average Bonchev–Trinajstić information content (AvgIpc) is 3.19. The molecule has 0 unspecified atom stereocenters. The van der Waals surface area contributed by atoms with Crippen LogP contribution in [-0.4, -0.2) is 48.9 Å². The molecular formula is C25H28FN3O3. The van der Waals surface area contributed by atoms with Crippen LogP contribution < -0.4 is 10.1 Å². The van der Waals surface area contributed by atoms with E-state index < -0.39 is 0 Å². The Hall–Kier alpha value is -3.35. The van der Waals surface area contributed by atoms with Crippen molar-refractivity contribution in [3.05, 3.63) is 53.8 Å². The van der Waals surface area contributed by atoms with Crippen molar-refractivity contribution in [2.75, 3.05) is 27.2 Å². The van der Waals surface area contributed by atoms with Gasteiger partial charge < -0.3 is 19.9 Å². The van der Waals surface area contributed by atoms with Crippen LogP contribution in [0.1, 0.15) is 24.8 Å². The second kappa shape index (κ2) is 9.42. The monoisotopic (exact) mass is 437 g/mol. The molecule has 3 aromatic rings. The Morgan fingerprint density at radius 3 is 2.53 bits per heavy atom. The number of nitrogens with zero attached hydrogens (tertiary/aromatic N) is 1. The summed E-state index contributed by atoms with van der Waals surface area (Å²) in [5.41, 5.74) is 3.61. The van der Waals surface area contributed by atoms with E-state index >= 15 is 0 Å². The number of likely N-dealkylation sites (tertiary alicyclic amines) is 1. The lowest BCUT2D eigenvalue weighted by Crippen LogP contribution is -2.42. The molecule has 0 radical (unpaired) electrons. The fourth-order valence-electron chi connectivity index (χ4n) is 4.47. The van der Waals surface area contributed by atoms with E-state index in [2.05, 4.69) is 10.3 Å². The van der Waals surface area contributed by atoms with Gasteiger partial charge in [-0.15, -0.1) is 0 Å². The molecule has 2 aromatic carbocycles. The molecule has 6 nitrogen and oxygen atoms in total. The zero-order valence-corrected chi connectivity index (χ0v) is 18.4. The molecule has 0 spiro atoms. The van der Waals surface area contributed by atoms with Gasteiger partial charge in [-0.3, -0.25) is 9.59 Å². The molecule has 0 aliphatic carbocycles. The van der Waals surface area contributed by atoms with Gasteiger partial charge in [0.15, 0.2) is 0 Å². The van der Waals surface area contributed by atoms with Crippen LogP contribution in [0.15, 0.2) is 42.5 Å². The molecule has 2 N–H and O–H groups in total. The lowest BCUT2D eigenvalue weighted by molar-refractivity contribution is -0.135. The number of nitrogens with one attached hydrogen (secondary N) is 2. The number of carbonyl (C=O) groups excluding carboxylic acids is 2. The largest absolute Gasteiger partial charge is 0.497 e. The van der Waals surface area contributed by atoms with Crippen molar-refractivity contribution in [1.29, 1.82) is 0 Å². The van der Waals surface area contributed by atoms with Crippen LogP contribution in [0.5, 0.6) is 5.75 Å². The highest BCUT2D eigenvalue weighted by Crippen LogP contribution is 2.33. The van der Waals surface area contributed by atoms with E-state index in [4.69, 9.17) is 4.74 Å². The van der Waals surface area contributed by atoms with Crippen LogP contribution in [0.2, 0.25) is 0 Å². The van der Waals surface area contributed by atoms with Crippen LogP contribution in [0.3, 0.4) is 0 Å². The lowest BCUT2D eigenvalue weighted by Gasteiger charge is -2.31. The molecule has 2 amide bonds. The lowest BCUT2D eigenvalue weighted by atomic mass is 9.95. The number of halogens is 1. The number of aromatic amines is 1. The molecule has 1 aromatic heterocycles. The SMILES string of the molecule is CNC(=O)C1CCN(C(=O)CCc2c(-c3ccc(OC)cc3)[nH]c3ccc(F)cc23)CC1. The molecule has 0 bridgehead atoms. The molecule has 0 atom stereocenters. The second-order valence-electron chi connectivity index (χ2n) is 8.17. The van der Waals surface area contributed by atoms with E-state index in [1.54, 1.807) is 20.2 Å². The summed E-state index contributed by atoms with van der Waals surface area (Å²) in [5.74, 6) is 0.533. The molecular weight excluding hydrogens is 409 g/mol. The first-order chi connectivity index (χ1) is 15.5. The summed E-state index contributed by atoms with van der Waals surface area (Å²) in [7, 11) is 3.26. The number of hydrogen-bond donors (Lipinski definition) is 2. The Morgan fingerprint density at radius 2 is 1.88 bits per heavy atom. The number of aromatic nitrogens is 1. The number of piperidine rings is 1. The maximum absolute atomic E-state index is 14.0. The van der Waals surface area contributed by atoms with Crippen molar-refractivity contribution < 1.29 is 18.7 Å². The van der Waals surface area contributed by atoms with E-state index in [0.29, 0.717) is 38.8 Å². The van der Waals surface area contributed by atoms with Gasteiger partial charge in [0.1, 0.15) is 11.6 Å². The van der Waals surface area contributed by atoms with Crippen molar-refractivity contribution >= 4 is 22.7 Å². The maximum atomic E-state index is 14.0. The first kappa shape index (κ1) is 21.9. The standard InChI is InChI=1S/C25H28FN3O3/c1-27-25(31)17-11-13-29(14-12-17)23(30)10-8-20-21-15-18(26)5-9-22(21)28-24(20)16-3-6-19(32-2)7-4-16/h3-7,9,15,17,28H,8,10-14H2,1-2H3,(H,27,31). The fraction of sp³-hybridized carbons (Fsp3) is 0.360. The molecule has 32 heavy (non-hydrogen) atoms. The normalized spacial score (nSPS) is 14.5. The number of amides is 2. The van der Waals surface area contributed by atoms with Crippen molar-refractivity contribution in [2.24, 2.45) is 5.92 Å². The number of aryl methyl sites for hydroxylation is 1. The fourth-order valence-corrected chi connectivity index (χ4v) is 4.47. The third kappa shape index (κ3) is 4.47. The minimum atomic E-state index is -0.304. The summed E-state index contributed by atoms with van der Waals surface area (Å²) < 4.78 is 19.3. The van der Waals surface area contributed by atoms with Gasteiger partial charge in [0, 0.05) is 49.1 Å². The van der Waals surface area contributed by atoms with Crippen LogP contribution >= 0.6 is 0 Å². The van der Waals surface area contributed by atoms with Gasteiger partial charge in [-0.05, 0) is 72.9 Å². The third-order valence-corrected chi connectivity index (χ3v) is 6.30. The number of benzene rings is 2. The van der Waals surface area contributed by atoms with E-state index in [-0.39, 0.29) is 23.5 Å². The van der Waals surface area contributed by atoms with Crippen LogP contribution in [0.4, 0.5) is 4.39 Å². The second-order valence-corrected chi connectivity index (χ2v) is 8.17. The molecule has 1 fully saturated rings. The molecule has 4 rings (SSSR count). The van der Waals surface area contributed by atoms with E-state index in [1.807, 2.05) is 29.2 Å². The Kier molecular flexibility index (Phi) is 6.44. The van der Waals surface area contributed by atoms with Gasteiger partial charge >= 0.3 is 0 Å². The van der Waals surface area contributed by atoms with Crippen molar-refractivity contribution in [3.8, 4) is 17.0 Å². The number of hydrogen-bond acceptors (Lipinski definition) is 3. The van der Waals surface area contributed by atoms with Crippen LogP contribution in [0, 0.1) is 11.7 Å². The predicted molar refractivity (Wildman–Crippen MR) is 122 cm³/mol. The average molecular weight is 438 g/mol. The molecule has 2 heterocycles. The highest BCUT2D eigenvalue weighted by atomic mass is 19.1. The van der Waals surface area contributed by atoms with Gasteiger partial charge in [0.05, 0.1) is 7.11 Å². The first-order valence-electron chi connectivity index (χ1n) is 10.9. The van der Waals surface area contributed by atoms with Gasteiger partial charge in [0.2, 0.25) is 11.8 Å². The van der Waals surface area contributed by atoms with Gasteiger partial charge in [-0.1, -0.05) is 0 Å². The number of carbonyl (C=O) groups is 2. The highest BCUT2D eigenvalue weighted by molar-refractivity contribution is 5.91. The summed E-state index contributed by atoms with van der Waals surface area (Å²) in [6, 6.07) is 12.4. The Labute approximate surface area is 186 Å². The quantitative estimate of drug-likeness (QED) is 0.614. The zero-order valence-electron chi connectivity index (χ0n) is 18.4. The Morgan fingerprint density at radius 1 is 1.16 bits per heavy atom. The number of methoxy groups -OCH3 is 1. The number of ether oxygens (including phenoxy) is 1. The van der Waals surface area contributed by atoms with E-state index in [1.165, 1.54) is 12.1 Å². The molecule has 1 aliphatic heterocycles. The predicted octanol–water partition coefficient (Wildman–Crippen LogP) is 3.90. The smallest absolute Gasteiger partial charge is 0.222 e. The summed E-state index contributed by atoms with van der Waals surface area (Å²) in [5, 5.41) is 3.48. The molecule has 1 saturated heterocycles. The van der Waals surface area contributed by atoms with Crippen LogP contribution in [0.25, 0.3) is 22.2 Å². The number of H-pyrrole nitrogens is 1. The third-order valence-electron chi connectivity index (χ3n) is 6.30. The van der Waals surface area contributed by atoms with Gasteiger partial charge in [-0.25, -0.2) is 4.39 Å². The minimum Gasteiger partial charge on any atom is -0.497 e. The first-order valence-corrected chi connectivity index (χ1v) is 10.9. The molecule has 7 heteroatoms. The van der Waals surface area contributed by atoms with E-state index in [9.17, 15) is 14.0 Å². The minimum absolute atomic E-state index is 0.0256.